The van der Waals surface area contributed by atoms with Gasteiger partial charge >= 0.3 is 0 Å². The van der Waals surface area contributed by atoms with E-state index in [1.54, 1.807) is 11.6 Å². The van der Waals surface area contributed by atoms with Gasteiger partial charge in [0.2, 0.25) is 0 Å². The van der Waals surface area contributed by atoms with Crippen LogP contribution in [0.25, 0.3) is 11.3 Å². The van der Waals surface area contributed by atoms with Crippen molar-refractivity contribution in [2.45, 2.75) is 36.9 Å². The molecule has 0 aliphatic heterocycles. The van der Waals surface area contributed by atoms with Crippen LogP contribution >= 0.6 is 23.5 Å². The van der Waals surface area contributed by atoms with Crippen LogP contribution in [0.15, 0.2) is 28.3 Å². The second kappa shape index (κ2) is 7.33. The van der Waals surface area contributed by atoms with E-state index in [-0.39, 0.29) is 5.56 Å². The van der Waals surface area contributed by atoms with Crippen LogP contribution in [0.2, 0.25) is 0 Å². The van der Waals surface area contributed by atoms with Gasteiger partial charge < -0.3 is 4.57 Å². The molecule has 0 aliphatic rings. The quantitative estimate of drug-likeness (QED) is 0.618. The zero-order valence-electron chi connectivity index (χ0n) is 13.6. The molecule has 0 bridgehead atoms. The van der Waals surface area contributed by atoms with Crippen molar-refractivity contribution in [2.24, 2.45) is 7.05 Å². The van der Waals surface area contributed by atoms with Gasteiger partial charge in [-0.25, -0.2) is 9.97 Å². The van der Waals surface area contributed by atoms with Gasteiger partial charge in [-0.1, -0.05) is 25.6 Å². The highest BCUT2D eigenvalue weighted by atomic mass is 32.2. The molecule has 0 spiro atoms. The maximum atomic E-state index is 11.8. The minimum atomic E-state index is 0.0264. The SMILES string of the molecule is CSc1nc(CSC(C)C)cc(-c2cc(C)c(=O)n(C)c2)n1. The molecular formula is C16H21N3OS2. The largest absolute Gasteiger partial charge is 0.318 e. The van der Waals surface area contributed by atoms with Gasteiger partial charge in [0.05, 0.1) is 11.4 Å². The molecule has 0 fully saturated rings. The van der Waals surface area contributed by atoms with E-state index in [0.717, 1.165) is 33.4 Å². The van der Waals surface area contributed by atoms with Crippen LogP contribution in [0.4, 0.5) is 0 Å². The van der Waals surface area contributed by atoms with Gasteiger partial charge in [-0.05, 0) is 30.6 Å². The summed E-state index contributed by atoms with van der Waals surface area (Å²) in [7, 11) is 1.77. The molecule has 6 heteroatoms. The summed E-state index contributed by atoms with van der Waals surface area (Å²) in [5.74, 6) is 0.867. The minimum absolute atomic E-state index is 0.0264. The second-order valence-electron chi connectivity index (χ2n) is 5.42. The predicted octanol–water partition coefficient (Wildman–Crippen LogP) is 3.51. The Morgan fingerprint density at radius 2 is 2.00 bits per heavy atom. The molecule has 0 atom stereocenters. The fraction of sp³-hybridized carbons (Fsp3) is 0.438. The van der Waals surface area contributed by atoms with E-state index in [0.29, 0.717) is 5.25 Å². The van der Waals surface area contributed by atoms with E-state index < -0.39 is 0 Å². The number of rotatable bonds is 5. The average molecular weight is 335 g/mol. The summed E-state index contributed by atoms with van der Waals surface area (Å²) < 4.78 is 1.61. The lowest BCUT2D eigenvalue weighted by Gasteiger charge is -2.10. The van der Waals surface area contributed by atoms with E-state index in [9.17, 15) is 4.79 Å². The lowest BCUT2D eigenvalue weighted by molar-refractivity contribution is 0.847. The number of nitrogens with zero attached hydrogens (tertiary/aromatic N) is 3. The zero-order valence-corrected chi connectivity index (χ0v) is 15.2. The highest BCUT2D eigenvalue weighted by molar-refractivity contribution is 7.99. The van der Waals surface area contributed by atoms with Gasteiger partial charge in [-0.15, -0.1) is 0 Å². The molecule has 0 aliphatic carbocycles. The van der Waals surface area contributed by atoms with Gasteiger partial charge in [-0.2, -0.15) is 11.8 Å². The van der Waals surface area contributed by atoms with Gasteiger partial charge in [0.25, 0.3) is 5.56 Å². The Kier molecular flexibility index (Phi) is 5.69. The molecule has 0 unspecified atom stereocenters. The molecule has 2 aromatic heterocycles. The first kappa shape index (κ1) is 17.1. The summed E-state index contributed by atoms with van der Waals surface area (Å²) >= 11 is 3.40. The normalized spacial score (nSPS) is 11.2. The lowest BCUT2D eigenvalue weighted by Crippen LogP contribution is -2.18. The Bertz CT molecular complexity index is 700. The molecule has 2 rings (SSSR count). The number of hydrogen-bond donors (Lipinski definition) is 0. The van der Waals surface area contributed by atoms with Crippen molar-refractivity contribution in [3.8, 4) is 11.3 Å². The topological polar surface area (TPSA) is 47.8 Å². The number of aryl methyl sites for hydroxylation is 2. The highest BCUT2D eigenvalue weighted by Gasteiger charge is 2.09. The molecule has 22 heavy (non-hydrogen) atoms. The first-order valence-electron chi connectivity index (χ1n) is 7.12. The molecular weight excluding hydrogens is 314 g/mol. The average Bonchev–Trinajstić information content (AvgIpc) is 2.49. The third-order valence-corrected chi connectivity index (χ3v) is 4.84. The summed E-state index contributed by atoms with van der Waals surface area (Å²) in [5, 5.41) is 1.33. The fourth-order valence-corrected chi connectivity index (χ4v) is 3.11. The van der Waals surface area contributed by atoms with E-state index in [1.807, 2.05) is 43.3 Å². The molecule has 0 saturated carbocycles. The van der Waals surface area contributed by atoms with Crippen molar-refractivity contribution in [2.75, 3.05) is 6.26 Å². The van der Waals surface area contributed by atoms with Gasteiger partial charge in [-0.3, -0.25) is 4.79 Å². The summed E-state index contributed by atoms with van der Waals surface area (Å²) in [5.41, 5.74) is 3.60. The van der Waals surface area contributed by atoms with Crippen LogP contribution in [0, 0.1) is 6.92 Å². The maximum absolute atomic E-state index is 11.8. The number of hydrogen-bond acceptors (Lipinski definition) is 5. The third kappa shape index (κ3) is 4.14. The predicted molar refractivity (Wildman–Crippen MR) is 95.7 cm³/mol. The molecule has 0 N–H and O–H groups in total. The Hall–Kier alpha value is -1.27. The first-order chi connectivity index (χ1) is 10.4. The summed E-state index contributed by atoms with van der Waals surface area (Å²) in [6, 6.07) is 3.92. The molecule has 0 saturated heterocycles. The van der Waals surface area contributed by atoms with Crippen molar-refractivity contribution >= 4 is 23.5 Å². The van der Waals surface area contributed by atoms with E-state index in [4.69, 9.17) is 0 Å². The van der Waals surface area contributed by atoms with Crippen LogP contribution in [0.1, 0.15) is 25.1 Å². The van der Waals surface area contributed by atoms with Crippen LogP contribution < -0.4 is 5.56 Å². The molecule has 0 radical (unpaired) electrons. The number of aromatic nitrogens is 3. The van der Waals surface area contributed by atoms with Gasteiger partial charge in [0.15, 0.2) is 5.16 Å². The molecule has 4 nitrogen and oxygen atoms in total. The smallest absolute Gasteiger partial charge is 0.253 e. The summed E-state index contributed by atoms with van der Waals surface area (Å²) in [6.45, 7) is 6.19. The summed E-state index contributed by atoms with van der Waals surface area (Å²) in [6.07, 6.45) is 3.81. The Morgan fingerprint density at radius 1 is 1.27 bits per heavy atom. The fourth-order valence-electron chi connectivity index (χ4n) is 2.06. The number of thioether (sulfide) groups is 2. The van der Waals surface area contributed by atoms with Crippen molar-refractivity contribution in [3.63, 3.8) is 0 Å². The standard InChI is InChI=1S/C16H21N3OS2/c1-10(2)22-9-13-7-14(18-16(17-13)21-5)12-6-11(3)15(20)19(4)8-12/h6-8,10H,9H2,1-5H3. The van der Waals surface area contributed by atoms with Crippen LogP contribution in [-0.2, 0) is 12.8 Å². The third-order valence-electron chi connectivity index (χ3n) is 3.16. The Balaban J connectivity index is 2.45. The van der Waals surface area contributed by atoms with E-state index >= 15 is 0 Å². The lowest BCUT2D eigenvalue weighted by atomic mass is 10.1. The Labute approximate surface area is 139 Å². The molecule has 0 amide bonds. The van der Waals surface area contributed by atoms with Gasteiger partial charge in [0, 0.05) is 30.1 Å². The maximum Gasteiger partial charge on any atom is 0.253 e. The molecule has 2 heterocycles. The van der Waals surface area contributed by atoms with Crippen molar-refractivity contribution < 1.29 is 0 Å². The molecule has 0 aromatic carbocycles. The van der Waals surface area contributed by atoms with Crippen LogP contribution in [-0.4, -0.2) is 26.0 Å². The van der Waals surface area contributed by atoms with E-state index in [2.05, 4.69) is 23.8 Å². The summed E-state index contributed by atoms with van der Waals surface area (Å²) in [4.78, 5) is 21.0. The van der Waals surface area contributed by atoms with Crippen LogP contribution in [0.5, 0.6) is 0 Å². The minimum Gasteiger partial charge on any atom is -0.318 e. The molecule has 118 valence electrons. The second-order valence-corrected chi connectivity index (χ2v) is 7.76. The van der Waals surface area contributed by atoms with E-state index in [1.165, 1.54) is 11.8 Å². The molecule has 2 aromatic rings. The van der Waals surface area contributed by atoms with Crippen LogP contribution in [0.3, 0.4) is 0 Å². The van der Waals surface area contributed by atoms with Crippen molar-refractivity contribution in [1.82, 2.24) is 14.5 Å². The Morgan fingerprint density at radius 3 is 2.59 bits per heavy atom. The first-order valence-corrected chi connectivity index (χ1v) is 9.39. The monoisotopic (exact) mass is 335 g/mol. The van der Waals surface area contributed by atoms with Crippen molar-refractivity contribution in [1.29, 1.82) is 0 Å². The zero-order chi connectivity index (χ0) is 16.3. The van der Waals surface area contributed by atoms with Gasteiger partial charge in [0.1, 0.15) is 0 Å². The van der Waals surface area contributed by atoms with Crippen molar-refractivity contribution in [3.05, 3.63) is 39.9 Å². The highest BCUT2D eigenvalue weighted by Crippen LogP contribution is 2.24. The number of pyridine rings is 1.